The summed E-state index contributed by atoms with van der Waals surface area (Å²) in [4.78, 5) is 0. The molecule has 0 amide bonds. The van der Waals surface area contributed by atoms with E-state index in [4.69, 9.17) is 0 Å². The molecule has 1 nitrogen and oxygen atoms in total. The Morgan fingerprint density at radius 1 is 0.842 bits per heavy atom. The van der Waals surface area contributed by atoms with Crippen LogP contribution in [0.2, 0.25) is 0 Å². The number of hydrogen-bond acceptors (Lipinski definition) is 1. The Hall–Kier alpha value is -2.28. The summed E-state index contributed by atoms with van der Waals surface area (Å²) in [5.74, 6) is 0. The molecule has 0 radical (unpaired) electrons. The van der Waals surface area contributed by atoms with Crippen molar-refractivity contribution in [2.24, 2.45) is 0 Å². The van der Waals surface area contributed by atoms with Crippen molar-refractivity contribution in [3.05, 3.63) is 78.9 Å². The lowest BCUT2D eigenvalue weighted by molar-refractivity contribution is 0.883. The zero-order valence-electron chi connectivity index (χ0n) is 10.8. The van der Waals surface area contributed by atoms with Crippen LogP contribution in [-0.4, -0.2) is 6.04 Å². The van der Waals surface area contributed by atoms with Crippen molar-refractivity contribution in [2.75, 3.05) is 5.32 Å². The molecule has 0 aromatic heterocycles. The molecular weight excluding hydrogens is 230 g/mol. The van der Waals surface area contributed by atoms with Crippen molar-refractivity contribution in [1.82, 2.24) is 0 Å². The molecule has 0 aliphatic heterocycles. The van der Waals surface area contributed by atoms with Crippen LogP contribution in [0.15, 0.2) is 78.9 Å². The topological polar surface area (TPSA) is 12.0 Å². The molecule has 2 aromatic rings. The van der Waals surface area contributed by atoms with Gasteiger partial charge in [-0.05, 0) is 29.7 Å². The predicted molar refractivity (Wildman–Crippen MR) is 82.2 cm³/mol. The minimum absolute atomic E-state index is 0.399. The maximum atomic E-state index is 3.55. The van der Waals surface area contributed by atoms with Crippen LogP contribution >= 0.6 is 0 Å². The molecule has 0 saturated heterocycles. The second kappa shape index (κ2) is 5.57. The molecule has 1 heteroatoms. The fourth-order valence-electron chi connectivity index (χ4n) is 2.32. The number of anilines is 1. The van der Waals surface area contributed by atoms with Crippen molar-refractivity contribution in [3.63, 3.8) is 0 Å². The molecule has 94 valence electrons. The molecule has 1 aliphatic rings. The standard InChI is InChI=1S/C18H17N/c1-3-8-15(9-4-1)16-10-7-13-18(14-16)19-17-11-5-2-6-12-17/h1-11,13-14,17,19H,12H2. The molecule has 1 aliphatic carbocycles. The van der Waals surface area contributed by atoms with Crippen molar-refractivity contribution in [3.8, 4) is 11.1 Å². The van der Waals surface area contributed by atoms with Crippen molar-refractivity contribution >= 4 is 5.69 Å². The first-order valence-corrected chi connectivity index (χ1v) is 6.67. The lowest BCUT2D eigenvalue weighted by Crippen LogP contribution is -2.16. The Labute approximate surface area is 114 Å². The van der Waals surface area contributed by atoms with Crippen molar-refractivity contribution < 1.29 is 0 Å². The summed E-state index contributed by atoms with van der Waals surface area (Å²) in [5, 5.41) is 3.55. The number of nitrogens with one attached hydrogen (secondary N) is 1. The molecule has 1 unspecified atom stereocenters. The third kappa shape index (κ3) is 2.94. The summed E-state index contributed by atoms with van der Waals surface area (Å²) >= 11 is 0. The maximum Gasteiger partial charge on any atom is 0.0482 e. The zero-order valence-corrected chi connectivity index (χ0v) is 10.8. The van der Waals surface area contributed by atoms with Gasteiger partial charge in [-0.1, -0.05) is 66.8 Å². The van der Waals surface area contributed by atoms with Crippen LogP contribution in [-0.2, 0) is 0 Å². The quantitative estimate of drug-likeness (QED) is 0.832. The Morgan fingerprint density at radius 3 is 2.47 bits per heavy atom. The lowest BCUT2D eigenvalue weighted by Gasteiger charge is -2.17. The monoisotopic (exact) mass is 247 g/mol. The lowest BCUT2D eigenvalue weighted by atomic mass is 10.0. The second-order valence-electron chi connectivity index (χ2n) is 4.75. The first-order chi connectivity index (χ1) is 9.42. The Morgan fingerprint density at radius 2 is 1.68 bits per heavy atom. The van der Waals surface area contributed by atoms with Gasteiger partial charge >= 0.3 is 0 Å². The number of hydrogen-bond donors (Lipinski definition) is 1. The Bertz CT molecular complexity index is 596. The van der Waals surface area contributed by atoms with Crippen molar-refractivity contribution in [1.29, 1.82) is 0 Å². The van der Waals surface area contributed by atoms with E-state index in [0.717, 1.165) is 6.42 Å². The SMILES string of the molecule is C1=CCC(Nc2cccc(-c3ccccc3)c2)C=C1. The molecule has 1 N–H and O–H groups in total. The normalized spacial score (nSPS) is 17.4. The second-order valence-corrected chi connectivity index (χ2v) is 4.75. The summed E-state index contributed by atoms with van der Waals surface area (Å²) in [6, 6.07) is 19.5. The molecule has 0 spiro atoms. The summed E-state index contributed by atoms with van der Waals surface area (Å²) in [5.41, 5.74) is 3.68. The summed E-state index contributed by atoms with van der Waals surface area (Å²) in [7, 11) is 0. The van der Waals surface area contributed by atoms with Gasteiger partial charge in [0.25, 0.3) is 0 Å². The van der Waals surface area contributed by atoms with E-state index in [2.05, 4.69) is 78.2 Å². The van der Waals surface area contributed by atoms with Crippen LogP contribution in [0, 0.1) is 0 Å². The minimum atomic E-state index is 0.399. The van der Waals surface area contributed by atoms with Gasteiger partial charge in [-0.3, -0.25) is 0 Å². The summed E-state index contributed by atoms with van der Waals surface area (Å²) < 4.78 is 0. The van der Waals surface area contributed by atoms with E-state index in [0.29, 0.717) is 6.04 Å². The third-order valence-electron chi connectivity index (χ3n) is 3.30. The molecule has 0 bridgehead atoms. The van der Waals surface area contributed by atoms with Gasteiger partial charge < -0.3 is 5.32 Å². The molecule has 0 heterocycles. The Kier molecular flexibility index (Phi) is 3.46. The first kappa shape index (κ1) is 11.8. The highest BCUT2D eigenvalue weighted by Crippen LogP contribution is 2.23. The highest BCUT2D eigenvalue weighted by Gasteiger charge is 2.05. The van der Waals surface area contributed by atoms with Crippen LogP contribution in [0.4, 0.5) is 5.69 Å². The number of rotatable bonds is 3. The first-order valence-electron chi connectivity index (χ1n) is 6.67. The maximum absolute atomic E-state index is 3.55. The van der Waals surface area contributed by atoms with Gasteiger partial charge in [0.2, 0.25) is 0 Å². The van der Waals surface area contributed by atoms with E-state index in [1.807, 2.05) is 6.07 Å². The van der Waals surface area contributed by atoms with Crippen LogP contribution in [0.5, 0.6) is 0 Å². The molecule has 0 fully saturated rings. The molecule has 2 aromatic carbocycles. The van der Waals surface area contributed by atoms with Gasteiger partial charge in [-0.15, -0.1) is 0 Å². The van der Waals surface area contributed by atoms with Crippen LogP contribution < -0.4 is 5.32 Å². The molecule has 0 saturated carbocycles. The molecule has 1 atom stereocenters. The van der Waals surface area contributed by atoms with Gasteiger partial charge in [-0.25, -0.2) is 0 Å². The van der Waals surface area contributed by atoms with Gasteiger partial charge in [0.1, 0.15) is 0 Å². The minimum Gasteiger partial charge on any atom is -0.379 e. The van der Waals surface area contributed by atoms with Gasteiger partial charge in [-0.2, -0.15) is 0 Å². The predicted octanol–water partition coefficient (Wildman–Crippen LogP) is 4.65. The van der Waals surface area contributed by atoms with E-state index in [9.17, 15) is 0 Å². The fraction of sp³-hybridized carbons (Fsp3) is 0.111. The van der Waals surface area contributed by atoms with Gasteiger partial charge in [0, 0.05) is 11.7 Å². The van der Waals surface area contributed by atoms with Crippen LogP contribution in [0.1, 0.15) is 6.42 Å². The number of allylic oxidation sites excluding steroid dienone is 2. The van der Waals surface area contributed by atoms with E-state index in [1.165, 1.54) is 16.8 Å². The van der Waals surface area contributed by atoms with Gasteiger partial charge in [0.05, 0.1) is 0 Å². The Balaban J connectivity index is 1.80. The van der Waals surface area contributed by atoms with E-state index < -0.39 is 0 Å². The molecular formula is C18H17N. The molecule has 19 heavy (non-hydrogen) atoms. The zero-order chi connectivity index (χ0) is 12.9. The highest BCUT2D eigenvalue weighted by atomic mass is 14.9. The van der Waals surface area contributed by atoms with E-state index in [1.54, 1.807) is 0 Å². The fourth-order valence-corrected chi connectivity index (χ4v) is 2.32. The van der Waals surface area contributed by atoms with Crippen LogP contribution in [0.3, 0.4) is 0 Å². The van der Waals surface area contributed by atoms with Crippen LogP contribution in [0.25, 0.3) is 11.1 Å². The smallest absolute Gasteiger partial charge is 0.0482 e. The average molecular weight is 247 g/mol. The van der Waals surface area contributed by atoms with E-state index >= 15 is 0 Å². The largest absolute Gasteiger partial charge is 0.379 e. The average Bonchev–Trinajstić information content (AvgIpc) is 2.49. The third-order valence-corrected chi connectivity index (χ3v) is 3.30. The number of benzene rings is 2. The highest BCUT2D eigenvalue weighted by molar-refractivity contribution is 5.68. The summed E-state index contributed by atoms with van der Waals surface area (Å²) in [6.45, 7) is 0. The van der Waals surface area contributed by atoms with E-state index in [-0.39, 0.29) is 0 Å². The summed E-state index contributed by atoms with van der Waals surface area (Å²) in [6.07, 6.45) is 9.64. The van der Waals surface area contributed by atoms with Gasteiger partial charge in [0.15, 0.2) is 0 Å². The van der Waals surface area contributed by atoms with Crippen molar-refractivity contribution in [2.45, 2.75) is 12.5 Å². The molecule has 3 rings (SSSR count).